The number of phosphoric acid groups is 3. The first-order chi connectivity index (χ1) is 33.1. The number of hydrogen-bond acceptors (Lipinski definition) is 22. The van der Waals surface area contributed by atoms with E-state index in [9.17, 15) is 57.9 Å². The Hall–Kier alpha value is -2.44. The number of aliphatic hydroxyl groups excluding tert-OH is 2. The van der Waals surface area contributed by atoms with Gasteiger partial charge in [-0.3, -0.25) is 28.1 Å². The number of fused-ring (bicyclic) bond motifs is 1. The second-order valence-corrected chi connectivity index (χ2v) is 23.2. The number of aromatic nitrogens is 4. The van der Waals surface area contributed by atoms with E-state index in [1.165, 1.54) is 110 Å². The van der Waals surface area contributed by atoms with Gasteiger partial charge in [0, 0.05) is 37.1 Å². The van der Waals surface area contributed by atoms with E-state index in [1.54, 1.807) is 0 Å². The molecular formula is C42H72N7O17P3S-4. The zero-order valence-electron chi connectivity index (χ0n) is 40.4. The van der Waals surface area contributed by atoms with Crippen LogP contribution in [0.2, 0.25) is 0 Å². The highest BCUT2D eigenvalue weighted by Crippen LogP contribution is 2.56. The van der Waals surface area contributed by atoms with Gasteiger partial charge in [-0.25, -0.2) is 19.3 Å². The van der Waals surface area contributed by atoms with Crippen LogP contribution in [0.1, 0.15) is 155 Å². The average Bonchev–Trinajstić information content (AvgIpc) is 3.85. The SMILES string of the molecule is CCCCCCCCCCCCCCCCCCCCC(=O)SCCNC(=O)CCNC(=O)[C@H](O)C(C)(C)COP(=O)([O-])OP(=O)([O-])OC[C@H]1O[C@@H](n2cnc3c(N)ncnc32)[C@H](O)[C@@H]1OP(=O)([O-])[O-]. The summed E-state index contributed by atoms with van der Waals surface area (Å²) in [7, 11) is -17.6. The van der Waals surface area contributed by atoms with Crippen LogP contribution in [0.25, 0.3) is 11.2 Å². The molecule has 3 rings (SSSR count). The molecule has 1 aliphatic rings. The molecule has 3 heterocycles. The molecule has 2 unspecified atom stereocenters. The van der Waals surface area contributed by atoms with Crippen LogP contribution in [0.15, 0.2) is 12.7 Å². The van der Waals surface area contributed by atoms with Crippen molar-refractivity contribution in [2.75, 3.05) is 37.8 Å². The van der Waals surface area contributed by atoms with Crippen LogP contribution in [-0.2, 0) is 50.7 Å². The van der Waals surface area contributed by atoms with Gasteiger partial charge >= 0.3 is 0 Å². The molecule has 28 heteroatoms. The third-order valence-corrected chi connectivity index (χ3v) is 15.4. The number of nitrogens with two attached hydrogens (primary N) is 1. The predicted molar refractivity (Wildman–Crippen MR) is 252 cm³/mol. The van der Waals surface area contributed by atoms with E-state index >= 15 is 0 Å². The number of carbonyl (C=O) groups is 3. The number of nitrogens with one attached hydrogen (secondary N) is 2. The Morgan fingerprint density at radius 2 is 1.39 bits per heavy atom. The van der Waals surface area contributed by atoms with Crippen LogP contribution in [0.3, 0.4) is 0 Å². The Labute approximate surface area is 414 Å². The van der Waals surface area contributed by atoms with Crippen LogP contribution in [0.4, 0.5) is 5.82 Å². The molecule has 1 aliphatic heterocycles. The second kappa shape index (κ2) is 31.3. The fourth-order valence-electron chi connectivity index (χ4n) is 7.52. The lowest BCUT2D eigenvalue weighted by Gasteiger charge is -2.36. The van der Waals surface area contributed by atoms with Crippen molar-refractivity contribution in [1.82, 2.24) is 30.2 Å². The molecule has 402 valence electrons. The summed E-state index contributed by atoms with van der Waals surface area (Å²) >= 11 is 1.15. The first-order valence-electron chi connectivity index (χ1n) is 24.0. The highest BCUT2D eigenvalue weighted by atomic mass is 32.2. The molecule has 0 bridgehead atoms. The van der Waals surface area contributed by atoms with Gasteiger partial charge in [0.05, 0.1) is 27.4 Å². The van der Waals surface area contributed by atoms with E-state index in [0.29, 0.717) is 12.2 Å². The molecule has 2 aromatic heterocycles. The Balaban J connectivity index is 1.26. The summed E-state index contributed by atoms with van der Waals surface area (Å²) in [6, 6.07) is 0. The third-order valence-electron chi connectivity index (χ3n) is 11.5. The van der Waals surface area contributed by atoms with Crippen molar-refractivity contribution in [2.24, 2.45) is 5.41 Å². The first-order valence-corrected chi connectivity index (χ1v) is 29.4. The molecule has 24 nitrogen and oxygen atoms in total. The molecular weight excluding hydrogens is 999 g/mol. The minimum Gasteiger partial charge on any atom is -0.790 e. The van der Waals surface area contributed by atoms with E-state index in [4.69, 9.17) is 10.5 Å². The van der Waals surface area contributed by atoms with E-state index in [-0.39, 0.29) is 41.6 Å². The average molecular weight is 1070 g/mol. The van der Waals surface area contributed by atoms with Crippen molar-refractivity contribution in [3.63, 3.8) is 0 Å². The number of rotatable bonds is 38. The Kier molecular flexibility index (Phi) is 27.7. The number of imidazole rings is 1. The lowest BCUT2D eigenvalue weighted by Crippen LogP contribution is -2.46. The van der Waals surface area contributed by atoms with E-state index in [0.717, 1.165) is 48.2 Å². The zero-order valence-corrected chi connectivity index (χ0v) is 43.9. The molecule has 1 fully saturated rings. The molecule has 0 radical (unpaired) electrons. The van der Waals surface area contributed by atoms with Gasteiger partial charge in [-0.15, -0.1) is 0 Å². The number of hydrogen-bond donors (Lipinski definition) is 5. The summed E-state index contributed by atoms with van der Waals surface area (Å²) in [5, 5.41) is 26.5. The fraction of sp³-hybridized carbons (Fsp3) is 0.810. The number of thioether (sulfide) groups is 1. The highest BCUT2D eigenvalue weighted by molar-refractivity contribution is 8.13. The summed E-state index contributed by atoms with van der Waals surface area (Å²) in [4.78, 5) is 97.0. The van der Waals surface area contributed by atoms with E-state index in [2.05, 4.69) is 50.4 Å². The summed E-state index contributed by atoms with van der Waals surface area (Å²) in [5.74, 6) is -1.12. The predicted octanol–water partition coefficient (Wildman–Crippen LogP) is 3.57. The van der Waals surface area contributed by atoms with E-state index in [1.807, 2.05) is 0 Å². The molecule has 6 N–H and O–H groups in total. The standard InChI is InChI=1S/C42H76N7O17P3S/c1-4-5-6-7-8-9-10-11-12-13-14-15-16-17-18-19-20-21-22-33(51)70-26-25-44-32(50)23-24-45-40(54)37(53)42(2,3)28-63-69(60,61)66-68(58,59)62-27-31-36(65-67(55,56)57)35(52)41(64-31)49-30-48-34-38(43)46-29-47-39(34)49/h29-31,35-37,41,52-53H,4-28H2,1-3H3,(H,44,50)(H,45,54)(H,58,59)(H,60,61)(H2,43,46,47)(H2,55,56,57)/p-4/t31-,35-,36-,37+,41-/m1/s1. The summed E-state index contributed by atoms with van der Waals surface area (Å²) in [5.41, 5.74) is 4.10. The minimum absolute atomic E-state index is 0.0175. The van der Waals surface area contributed by atoms with Crippen molar-refractivity contribution < 1.29 is 80.5 Å². The van der Waals surface area contributed by atoms with Gasteiger partial charge < -0.3 is 69.0 Å². The number of unbranched alkanes of at least 4 members (excludes halogenated alkanes) is 17. The highest BCUT2D eigenvalue weighted by Gasteiger charge is 2.47. The van der Waals surface area contributed by atoms with Crippen LogP contribution < -0.4 is 35.9 Å². The molecule has 1 saturated heterocycles. The Morgan fingerprint density at radius 3 is 1.96 bits per heavy atom. The molecule has 2 amide bonds. The Bertz CT molecular complexity index is 2050. The molecule has 0 saturated carbocycles. The lowest BCUT2D eigenvalue weighted by molar-refractivity contribution is -0.347. The maximum Gasteiger partial charge on any atom is 0.274 e. The van der Waals surface area contributed by atoms with Crippen molar-refractivity contribution >= 4 is 69.1 Å². The normalized spacial score (nSPS) is 19.7. The summed E-state index contributed by atoms with van der Waals surface area (Å²) < 4.78 is 60.9. The van der Waals surface area contributed by atoms with Gasteiger partial charge in [0.1, 0.15) is 36.3 Å². The van der Waals surface area contributed by atoms with E-state index < -0.39 is 84.6 Å². The van der Waals surface area contributed by atoms with Gasteiger partial charge in [-0.1, -0.05) is 142 Å². The second-order valence-electron chi connectivity index (χ2n) is 18.0. The van der Waals surface area contributed by atoms with Gasteiger partial charge in [0.15, 0.2) is 22.8 Å². The van der Waals surface area contributed by atoms with Crippen LogP contribution in [0.5, 0.6) is 0 Å². The van der Waals surface area contributed by atoms with Crippen molar-refractivity contribution in [3.05, 3.63) is 12.7 Å². The maximum absolute atomic E-state index is 12.7. The largest absolute Gasteiger partial charge is 0.790 e. The number of aliphatic hydroxyl groups is 2. The summed E-state index contributed by atoms with van der Waals surface area (Å²) in [6.45, 7) is 2.44. The van der Waals surface area contributed by atoms with Crippen LogP contribution in [0, 0.1) is 5.41 Å². The number of anilines is 1. The maximum atomic E-state index is 12.7. The lowest BCUT2D eigenvalue weighted by atomic mass is 9.87. The van der Waals surface area contributed by atoms with Crippen LogP contribution in [-0.4, -0.2) is 103 Å². The van der Waals surface area contributed by atoms with Gasteiger partial charge in [0.2, 0.25) is 11.8 Å². The first kappa shape index (κ1) is 61.9. The van der Waals surface area contributed by atoms with Crippen molar-refractivity contribution in [2.45, 2.75) is 180 Å². The minimum atomic E-state index is -5.92. The molecule has 0 aromatic carbocycles. The van der Waals surface area contributed by atoms with Gasteiger partial charge in [-0.2, -0.15) is 0 Å². The number of nitrogens with zero attached hydrogens (tertiary/aromatic N) is 4. The van der Waals surface area contributed by atoms with Crippen LogP contribution >= 0.6 is 35.2 Å². The van der Waals surface area contributed by atoms with Gasteiger partial charge in [-0.05, 0) is 6.42 Å². The fourth-order valence-corrected chi connectivity index (χ4v) is 11.0. The van der Waals surface area contributed by atoms with Gasteiger partial charge in [0.25, 0.3) is 15.6 Å². The number of amides is 2. The quantitative estimate of drug-likeness (QED) is 0.0474. The number of ether oxygens (including phenoxy) is 1. The monoisotopic (exact) mass is 1070 g/mol. The zero-order chi connectivity index (χ0) is 51.8. The van der Waals surface area contributed by atoms with Crippen molar-refractivity contribution in [3.8, 4) is 0 Å². The summed E-state index contributed by atoms with van der Waals surface area (Å²) in [6.07, 6.45) is 15.8. The Morgan fingerprint density at radius 1 is 0.829 bits per heavy atom. The number of nitrogen functional groups attached to an aromatic ring is 1. The molecule has 0 aliphatic carbocycles. The molecule has 0 spiro atoms. The number of phosphoric ester groups is 3. The van der Waals surface area contributed by atoms with Crippen molar-refractivity contribution in [1.29, 1.82) is 0 Å². The molecule has 70 heavy (non-hydrogen) atoms. The smallest absolute Gasteiger partial charge is 0.274 e. The topological polar surface area (TPSA) is 375 Å². The molecule has 7 atom stereocenters. The number of carbonyl (C=O) groups excluding carboxylic acids is 3. The third kappa shape index (κ3) is 23.6. The molecule has 2 aromatic rings.